The van der Waals surface area contributed by atoms with E-state index in [1.807, 2.05) is 18.7 Å². The Bertz CT molecular complexity index is 901. The molecule has 156 valence electrons. The lowest BCUT2D eigenvalue weighted by atomic mass is 9.85. The van der Waals surface area contributed by atoms with E-state index in [-0.39, 0.29) is 35.9 Å². The number of nitrogens with one attached hydrogen (secondary N) is 2. The molecule has 3 heterocycles. The lowest BCUT2D eigenvalue weighted by molar-refractivity contribution is -0.135. The zero-order chi connectivity index (χ0) is 20.5. The third-order valence-corrected chi connectivity index (χ3v) is 6.19. The lowest BCUT2D eigenvalue weighted by Gasteiger charge is -2.40. The van der Waals surface area contributed by atoms with Crippen molar-refractivity contribution in [3.8, 4) is 0 Å². The Hall–Kier alpha value is -2.32. The van der Waals surface area contributed by atoms with Crippen molar-refractivity contribution >= 4 is 5.91 Å². The summed E-state index contributed by atoms with van der Waals surface area (Å²) in [6.45, 7) is 5.20. The molecule has 3 unspecified atom stereocenters. The Kier molecular flexibility index (Phi) is 5.65. The maximum absolute atomic E-state index is 14.0. The van der Waals surface area contributed by atoms with Crippen LogP contribution in [-0.4, -0.2) is 41.1 Å². The van der Waals surface area contributed by atoms with Gasteiger partial charge >= 0.3 is 0 Å². The van der Waals surface area contributed by atoms with Crippen molar-refractivity contribution in [1.82, 2.24) is 20.9 Å². The van der Waals surface area contributed by atoms with Gasteiger partial charge in [-0.15, -0.1) is 0 Å². The van der Waals surface area contributed by atoms with Crippen molar-refractivity contribution in [1.29, 1.82) is 0 Å². The van der Waals surface area contributed by atoms with Crippen LogP contribution >= 0.6 is 0 Å². The number of aryl methyl sites for hydroxylation is 1. The molecule has 0 spiro atoms. The number of halogens is 2. The number of hydrogen-bond donors (Lipinski definition) is 2. The van der Waals surface area contributed by atoms with Crippen LogP contribution in [0.4, 0.5) is 8.78 Å². The smallest absolute Gasteiger partial charge is 0.227 e. The highest BCUT2D eigenvalue weighted by Crippen LogP contribution is 2.33. The summed E-state index contributed by atoms with van der Waals surface area (Å²) in [6, 6.07) is 3.14. The van der Waals surface area contributed by atoms with Crippen molar-refractivity contribution in [2.75, 3.05) is 13.1 Å². The van der Waals surface area contributed by atoms with Crippen molar-refractivity contribution in [2.24, 2.45) is 0 Å². The molecule has 2 aliphatic rings. The number of piperidine rings is 1. The normalized spacial score (nSPS) is 24.8. The number of rotatable bonds is 4. The summed E-state index contributed by atoms with van der Waals surface area (Å²) in [5, 5.41) is 4.08. The predicted octanol–water partition coefficient (Wildman–Crippen LogP) is 2.75. The van der Waals surface area contributed by atoms with Crippen LogP contribution < -0.4 is 10.9 Å². The van der Waals surface area contributed by atoms with Crippen molar-refractivity contribution < 1.29 is 18.1 Å². The number of benzene rings is 1. The number of hydrogen-bond acceptors (Lipinski definition) is 5. The number of amides is 1. The third-order valence-electron chi connectivity index (χ3n) is 6.19. The SMILES string of the molecule is Cc1noc(C2CNNC2C2CCCCN2C(=O)Cc2cc(F)ccc2F)c1C. The average molecular weight is 404 g/mol. The van der Waals surface area contributed by atoms with Crippen LogP contribution in [0.15, 0.2) is 22.7 Å². The van der Waals surface area contributed by atoms with E-state index in [9.17, 15) is 13.6 Å². The van der Waals surface area contributed by atoms with Gasteiger partial charge < -0.3 is 9.42 Å². The van der Waals surface area contributed by atoms with Gasteiger partial charge in [0.25, 0.3) is 0 Å². The molecule has 2 aromatic rings. The molecular weight excluding hydrogens is 378 g/mol. The quantitative estimate of drug-likeness (QED) is 0.820. The summed E-state index contributed by atoms with van der Waals surface area (Å²) in [5.41, 5.74) is 8.50. The molecule has 8 heteroatoms. The van der Waals surface area contributed by atoms with Gasteiger partial charge in [-0.25, -0.2) is 8.78 Å². The van der Waals surface area contributed by atoms with Gasteiger partial charge in [-0.3, -0.25) is 15.6 Å². The molecule has 2 fully saturated rings. The fraction of sp³-hybridized carbons (Fsp3) is 0.524. The van der Waals surface area contributed by atoms with Crippen molar-refractivity contribution in [2.45, 2.75) is 57.5 Å². The summed E-state index contributed by atoms with van der Waals surface area (Å²) in [6.07, 6.45) is 2.62. The highest BCUT2D eigenvalue weighted by molar-refractivity contribution is 5.79. The van der Waals surface area contributed by atoms with Gasteiger partial charge in [-0.2, -0.15) is 0 Å². The third kappa shape index (κ3) is 3.91. The molecule has 4 rings (SSSR count). The summed E-state index contributed by atoms with van der Waals surface area (Å²) in [7, 11) is 0. The van der Waals surface area contributed by atoms with Gasteiger partial charge in [0.2, 0.25) is 5.91 Å². The fourth-order valence-electron chi connectivity index (χ4n) is 4.50. The molecule has 2 aliphatic heterocycles. The zero-order valence-corrected chi connectivity index (χ0v) is 16.7. The zero-order valence-electron chi connectivity index (χ0n) is 16.7. The van der Waals surface area contributed by atoms with Crippen LogP contribution in [0.1, 0.15) is 47.8 Å². The number of carbonyl (C=O) groups excluding carboxylic acids is 1. The number of aromatic nitrogens is 1. The van der Waals surface area contributed by atoms with E-state index in [0.29, 0.717) is 13.1 Å². The van der Waals surface area contributed by atoms with Gasteiger partial charge in [-0.1, -0.05) is 5.16 Å². The minimum Gasteiger partial charge on any atom is -0.360 e. The number of carbonyl (C=O) groups is 1. The summed E-state index contributed by atoms with van der Waals surface area (Å²) in [4.78, 5) is 14.9. The lowest BCUT2D eigenvalue weighted by Crippen LogP contribution is -2.55. The van der Waals surface area contributed by atoms with E-state index in [0.717, 1.165) is 54.5 Å². The molecule has 1 amide bonds. The molecule has 2 saturated heterocycles. The predicted molar refractivity (Wildman–Crippen MR) is 103 cm³/mol. The largest absolute Gasteiger partial charge is 0.360 e. The maximum atomic E-state index is 14.0. The number of nitrogens with zero attached hydrogens (tertiary/aromatic N) is 2. The van der Waals surface area contributed by atoms with Crippen LogP contribution in [0.25, 0.3) is 0 Å². The molecule has 0 saturated carbocycles. The van der Waals surface area contributed by atoms with Gasteiger partial charge in [0.1, 0.15) is 17.4 Å². The molecule has 6 nitrogen and oxygen atoms in total. The van der Waals surface area contributed by atoms with E-state index in [1.165, 1.54) is 0 Å². The molecule has 0 radical (unpaired) electrons. The first-order chi connectivity index (χ1) is 14.0. The summed E-state index contributed by atoms with van der Waals surface area (Å²) >= 11 is 0. The Morgan fingerprint density at radius 1 is 1.31 bits per heavy atom. The second-order valence-electron chi connectivity index (χ2n) is 7.98. The van der Waals surface area contributed by atoms with Gasteiger partial charge in [0, 0.05) is 30.3 Å². The molecule has 1 aromatic carbocycles. The Morgan fingerprint density at radius 2 is 2.14 bits per heavy atom. The van der Waals surface area contributed by atoms with Gasteiger partial charge in [0.05, 0.1) is 24.1 Å². The number of hydrazine groups is 1. The van der Waals surface area contributed by atoms with E-state index in [1.54, 1.807) is 0 Å². The van der Waals surface area contributed by atoms with Gasteiger partial charge in [0.15, 0.2) is 0 Å². The van der Waals surface area contributed by atoms with Crippen LogP contribution in [0.2, 0.25) is 0 Å². The molecule has 2 N–H and O–H groups in total. The topological polar surface area (TPSA) is 70.4 Å². The first-order valence-corrected chi connectivity index (χ1v) is 10.1. The monoisotopic (exact) mass is 404 g/mol. The molecule has 0 bridgehead atoms. The highest BCUT2D eigenvalue weighted by Gasteiger charge is 2.42. The molecule has 0 aliphatic carbocycles. The minimum absolute atomic E-state index is 0.0392. The van der Waals surface area contributed by atoms with Crippen LogP contribution in [0.3, 0.4) is 0 Å². The highest BCUT2D eigenvalue weighted by atomic mass is 19.1. The Labute approximate surface area is 168 Å². The molecular formula is C21H26F2N4O2. The molecule has 29 heavy (non-hydrogen) atoms. The first kappa shape index (κ1) is 20.0. The van der Waals surface area contributed by atoms with E-state index in [2.05, 4.69) is 16.0 Å². The molecule has 3 atom stereocenters. The summed E-state index contributed by atoms with van der Waals surface area (Å²) in [5.74, 6) is -0.404. The maximum Gasteiger partial charge on any atom is 0.227 e. The van der Waals surface area contributed by atoms with E-state index in [4.69, 9.17) is 4.52 Å². The van der Waals surface area contributed by atoms with Crippen LogP contribution in [-0.2, 0) is 11.2 Å². The minimum atomic E-state index is -0.556. The Morgan fingerprint density at radius 3 is 2.90 bits per heavy atom. The van der Waals surface area contributed by atoms with E-state index >= 15 is 0 Å². The van der Waals surface area contributed by atoms with Crippen molar-refractivity contribution in [3.63, 3.8) is 0 Å². The second-order valence-corrected chi connectivity index (χ2v) is 7.98. The fourth-order valence-corrected chi connectivity index (χ4v) is 4.50. The summed E-state index contributed by atoms with van der Waals surface area (Å²) < 4.78 is 33.2. The van der Waals surface area contributed by atoms with Crippen molar-refractivity contribution in [3.05, 3.63) is 52.4 Å². The van der Waals surface area contributed by atoms with Crippen LogP contribution in [0, 0.1) is 25.5 Å². The van der Waals surface area contributed by atoms with Crippen LogP contribution in [0.5, 0.6) is 0 Å². The average Bonchev–Trinajstić information content (AvgIpc) is 3.31. The molecule has 1 aromatic heterocycles. The van der Waals surface area contributed by atoms with E-state index < -0.39 is 11.6 Å². The standard InChI is InChI=1S/C21H26F2N4O2/c1-12-13(2)26-29-21(12)16-11-24-25-20(16)18-5-3-4-8-27(18)19(28)10-14-9-15(22)6-7-17(14)23/h6-7,9,16,18,20,24-25H,3-5,8,10-11H2,1-2H3. The Balaban J connectivity index is 1.56. The first-order valence-electron chi connectivity index (χ1n) is 10.1. The number of likely N-dealkylation sites (tertiary alicyclic amines) is 1. The van der Waals surface area contributed by atoms with Gasteiger partial charge in [-0.05, 0) is 51.3 Å². The second kappa shape index (κ2) is 8.20.